The largest absolute Gasteiger partial charge is 0.372 e. The van der Waals surface area contributed by atoms with Crippen LogP contribution >= 0.6 is 23.2 Å². The van der Waals surface area contributed by atoms with Crippen LogP contribution in [0, 0.1) is 6.92 Å². The molecule has 0 amide bonds. The summed E-state index contributed by atoms with van der Waals surface area (Å²) in [6.45, 7) is 23.4. The minimum atomic E-state index is 0.698. The van der Waals surface area contributed by atoms with Crippen molar-refractivity contribution in [3.05, 3.63) is 79.9 Å². The van der Waals surface area contributed by atoms with E-state index in [2.05, 4.69) is 106 Å². The third-order valence-corrected chi connectivity index (χ3v) is 8.71. The summed E-state index contributed by atoms with van der Waals surface area (Å²) in [6.07, 6.45) is 4.73. The van der Waals surface area contributed by atoms with Crippen LogP contribution in [0.5, 0.6) is 0 Å². The number of nitrogens with zero attached hydrogens (tertiary/aromatic N) is 3. The lowest BCUT2D eigenvalue weighted by Crippen LogP contribution is -2.23. The highest BCUT2D eigenvalue weighted by Crippen LogP contribution is 2.52. The molecule has 0 N–H and O–H groups in total. The maximum Gasteiger partial charge on any atom is 0.203 e. The fourth-order valence-corrected chi connectivity index (χ4v) is 6.71. The van der Waals surface area contributed by atoms with Gasteiger partial charge in [0.1, 0.15) is 13.1 Å². The number of allylic oxidation sites excluding steroid dienone is 5. The molecule has 202 valence electrons. The number of anilines is 2. The number of hydrogen-bond donors (Lipinski definition) is 0. The van der Waals surface area contributed by atoms with Crippen molar-refractivity contribution in [2.45, 2.75) is 55.4 Å². The lowest BCUT2D eigenvalue weighted by molar-refractivity contribution is -0.519. The monoisotopic (exact) mass is 550 g/mol. The lowest BCUT2D eigenvalue weighted by Gasteiger charge is -2.25. The molecule has 38 heavy (non-hydrogen) atoms. The lowest BCUT2D eigenvalue weighted by atomic mass is 9.90. The summed E-state index contributed by atoms with van der Waals surface area (Å²) in [4.78, 5) is 4.72. The molecular formula is C33H42Cl2N3+. The molecule has 0 spiro atoms. The summed E-state index contributed by atoms with van der Waals surface area (Å²) in [7, 11) is 0. The van der Waals surface area contributed by atoms with Crippen LogP contribution in [-0.4, -0.2) is 49.6 Å². The molecule has 3 nitrogen and oxygen atoms in total. The van der Waals surface area contributed by atoms with Gasteiger partial charge in [-0.15, -0.1) is 0 Å². The smallest absolute Gasteiger partial charge is 0.203 e. The Morgan fingerprint density at radius 3 is 1.82 bits per heavy atom. The Bertz CT molecular complexity index is 1340. The first kappa shape index (κ1) is 28.5. The molecule has 0 fully saturated rings. The maximum atomic E-state index is 7.09. The van der Waals surface area contributed by atoms with Crippen molar-refractivity contribution < 1.29 is 4.58 Å². The van der Waals surface area contributed by atoms with Crippen molar-refractivity contribution in [3.63, 3.8) is 0 Å². The number of halogens is 2. The van der Waals surface area contributed by atoms with E-state index in [1.165, 1.54) is 44.8 Å². The molecule has 0 saturated carbocycles. The average molecular weight is 552 g/mol. The number of fused-ring (bicyclic) bond motifs is 3. The Labute approximate surface area is 239 Å². The zero-order valence-corrected chi connectivity index (χ0v) is 25.8. The van der Waals surface area contributed by atoms with Gasteiger partial charge in [0.15, 0.2) is 0 Å². The Balaban J connectivity index is 2.05. The summed E-state index contributed by atoms with van der Waals surface area (Å²) >= 11 is 14.2. The minimum Gasteiger partial charge on any atom is -0.372 e. The third kappa shape index (κ3) is 4.84. The van der Waals surface area contributed by atoms with Crippen molar-refractivity contribution in [3.8, 4) is 0 Å². The minimum absolute atomic E-state index is 0.698. The molecule has 2 aliphatic carbocycles. The maximum absolute atomic E-state index is 7.09. The summed E-state index contributed by atoms with van der Waals surface area (Å²) in [6, 6.07) is 8.88. The topological polar surface area (TPSA) is 9.49 Å². The quantitative estimate of drug-likeness (QED) is 0.289. The highest BCUT2D eigenvalue weighted by molar-refractivity contribution is 6.39. The normalized spacial score (nSPS) is 14.3. The van der Waals surface area contributed by atoms with Gasteiger partial charge >= 0.3 is 0 Å². The summed E-state index contributed by atoms with van der Waals surface area (Å²) in [5.41, 5.74) is 13.2. The van der Waals surface area contributed by atoms with Gasteiger partial charge in [-0.2, -0.15) is 0 Å². The Hall–Kier alpha value is -2.49. The van der Waals surface area contributed by atoms with Crippen LogP contribution in [0.25, 0.3) is 11.1 Å². The summed E-state index contributed by atoms with van der Waals surface area (Å²) < 4.78 is 2.44. The van der Waals surface area contributed by atoms with Crippen molar-refractivity contribution in [2.75, 3.05) is 49.1 Å². The number of aryl methyl sites for hydroxylation is 1. The van der Waals surface area contributed by atoms with E-state index in [4.69, 9.17) is 23.2 Å². The number of hydrogen-bond acceptors (Lipinski definition) is 2. The van der Waals surface area contributed by atoms with Crippen molar-refractivity contribution in [2.24, 2.45) is 0 Å². The van der Waals surface area contributed by atoms with E-state index < -0.39 is 0 Å². The molecule has 0 bridgehead atoms. The van der Waals surface area contributed by atoms with Crippen molar-refractivity contribution in [1.82, 2.24) is 0 Å². The molecule has 4 rings (SSSR count). The molecule has 5 heteroatoms. The van der Waals surface area contributed by atoms with Crippen LogP contribution in [0.2, 0.25) is 10.0 Å². The van der Waals surface area contributed by atoms with Gasteiger partial charge in [0, 0.05) is 60.3 Å². The van der Waals surface area contributed by atoms with Gasteiger partial charge in [-0.25, -0.2) is 4.58 Å². The van der Waals surface area contributed by atoms with Crippen molar-refractivity contribution >= 4 is 51.4 Å². The molecule has 0 atom stereocenters. The molecular weight excluding hydrogens is 509 g/mol. The van der Waals surface area contributed by atoms with Crippen molar-refractivity contribution in [1.29, 1.82) is 0 Å². The summed E-state index contributed by atoms with van der Waals surface area (Å²) in [5.74, 6) is 0. The van der Waals surface area contributed by atoms with Crippen LogP contribution < -0.4 is 9.80 Å². The first-order valence-electron chi connectivity index (χ1n) is 14.2. The predicted octanol–water partition coefficient (Wildman–Crippen LogP) is 8.65. The second kappa shape index (κ2) is 11.7. The SMILES string of the molecule is CCN(CC)c1cc(Cl)c(C2=C3C=C(C)C(=[N+](CC)CC)C=C3c3cc(N(CC)CC)c(C)cc32)c(Cl)c1. The molecule has 0 aliphatic heterocycles. The molecule has 2 aromatic carbocycles. The first-order chi connectivity index (χ1) is 18.2. The molecule has 0 aromatic heterocycles. The van der Waals surface area contributed by atoms with Crippen LogP contribution in [0.4, 0.5) is 11.4 Å². The fraction of sp³-hybridized carbons (Fsp3) is 0.424. The molecule has 0 unspecified atom stereocenters. The molecule has 2 aromatic rings. The first-order valence-corrected chi connectivity index (χ1v) is 14.9. The van der Waals surface area contributed by atoms with Gasteiger partial charge in [-0.1, -0.05) is 23.2 Å². The molecule has 0 saturated heterocycles. The molecule has 0 heterocycles. The van der Waals surface area contributed by atoms with Gasteiger partial charge in [0.25, 0.3) is 0 Å². The van der Waals surface area contributed by atoms with E-state index in [0.717, 1.165) is 56.1 Å². The van der Waals surface area contributed by atoms with E-state index in [0.29, 0.717) is 10.0 Å². The van der Waals surface area contributed by atoms with E-state index in [9.17, 15) is 0 Å². The molecule has 0 radical (unpaired) electrons. The van der Waals surface area contributed by atoms with Crippen LogP contribution in [-0.2, 0) is 0 Å². The van der Waals surface area contributed by atoms with Gasteiger partial charge in [0.2, 0.25) is 5.71 Å². The Morgan fingerprint density at radius 2 is 1.29 bits per heavy atom. The average Bonchev–Trinajstić information content (AvgIpc) is 3.18. The van der Waals surface area contributed by atoms with Gasteiger partial charge in [-0.3, -0.25) is 0 Å². The van der Waals surface area contributed by atoms with Crippen LogP contribution in [0.3, 0.4) is 0 Å². The second-order valence-corrected chi connectivity index (χ2v) is 10.9. The zero-order chi connectivity index (χ0) is 27.7. The van der Waals surface area contributed by atoms with E-state index >= 15 is 0 Å². The van der Waals surface area contributed by atoms with E-state index in [1.807, 2.05) is 0 Å². The fourth-order valence-electron chi connectivity index (χ4n) is 6.05. The van der Waals surface area contributed by atoms with Crippen LogP contribution in [0.15, 0.2) is 47.6 Å². The predicted molar refractivity (Wildman–Crippen MR) is 169 cm³/mol. The number of benzene rings is 2. The highest BCUT2D eigenvalue weighted by Gasteiger charge is 2.34. The zero-order valence-electron chi connectivity index (χ0n) is 24.3. The number of rotatable bonds is 9. The highest BCUT2D eigenvalue weighted by atomic mass is 35.5. The summed E-state index contributed by atoms with van der Waals surface area (Å²) in [5, 5.41) is 1.40. The molecule has 2 aliphatic rings. The second-order valence-electron chi connectivity index (χ2n) is 10.0. The van der Waals surface area contributed by atoms with Gasteiger partial charge in [-0.05, 0) is 114 Å². The standard InChI is InChI=1S/C33H42Cl2N3/c1-9-36(10-2)23-17-28(34)33(29(35)18-23)32-26-15-21(7)30(37(11-3)12-4)19-24(26)25-20-31(38(13-5)14-6)22(8)16-27(25)32/h15-20H,9-14H2,1-8H3/q+1. The van der Waals surface area contributed by atoms with E-state index in [-0.39, 0.29) is 0 Å². The van der Waals surface area contributed by atoms with Gasteiger partial charge in [0.05, 0.1) is 10.0 Å². The van der Waals surface area contributed by atoms with Crippen LogP contribution in [0.1, 0.15) is 70.7 Å². The Morgan fingerprint density at radius 1 is 0.711 bits per heavy atom. The van der Waals surface area contributed by atoms with Gasteiger partial charge < -0.3 is 9.80 Å². The van der Waals surface area contributed by atoms with E-state index in [1.54, 1.807) is 0 Å². The third-order valence-electron chi connectivity index (χ3n) is 8.11. The Kier molecular flexibility index (Phi) is 8.79.